The standard InChI is InChI=1S/C21H21NO3/c1-3-13-25-20-12-8-16(14-21(20)24-4-2)7-11-19(23)18-9-5-17(15-22)6-10-18/h5-12,14H,3-4,13H2,1-2H3/b11-7+. The number of carbonyl (C=O) groups excluding carboxylic acids is 1. The topological polar surface area (TPSA) is 59.3 Å². The predicted molar refractivity (Wildman–Crippen MR) is 97.9 cm³/mol. The molecule has 0 unspecified atom stereocenters. The highest BCUT2D eigenvalue weighted by Gasteiger charge is 2.06. The average Bonchev–Trinajstić information content (AvgIpc) is 2.65. The summed E-state index contributed by atoms with van der Waals surface area (Å²) in [6.07, 6.45) is 4.18. The minimum absolute atomic E-state index is 0.117. The van der Waals surface area contributed by atoms with E-state index in [1.165, 1.54) is 6.08 Å². The number of ketones is 1. The maximum atomic E-state index is 12.2. The fourth-order valence-corrected chi connectivity index (χ4v) is 2.21. The highest BCUT2D eigenvalue weighted by Crippen LogP contribution is 2.29. The van der Waals surface area contributed by atoms with Gasteiger partial charge in [0.25, 0.3) is 0 Å². The van der Waals surface area contributed by atoms with Gasteiger partial charge in [0.05, 0.1) is 24.8 Å². The monoisotopic (exact) mass is 335 g/mol. The molecule has 0 amide bonds. The smallest absolute Gasteiger partial charge is 0.185 e. The highest BCUT2D eigenvalue weighted by molar-refractivity contribution is 6.06. The molecule has 0 aliphatic heterocycles. The van der Waals surface area contributed by atoms with Gasteiger partial charge in [-0.3, -0.25) is 4.79 Å². The van der Waals surface area contributed by atoms with Crippen molar-refractivity contribution in [3.05, 3.63) is 65.2 Å². The number of nitrogens with zero attached hydrogens (tertiary/aromatic N) is 1. The normalized spacial score (nSPS) is 10.4. The Hall–Kier alpha value is -3.06. The molecule has 0 spiro atoms. The van der Waals surface area contributed by atoms with Crippen molar-refractivity contribution in [3.8, 4) is 17.6 Å². The molecule has 25 heavy (non-hydrogen) atoms. The fourth-order valence-electron chi connectivity index (χ4n) is 2.21. The van der Waals surface area contributed by atoms with Crippen LogP contribution in [0, 0.1) is 11.3 Å². The van der Waals surface area contributed by atoms with E-state index in [4.69, 9.17) is 14.7 Å². The van der Waals surface area contributed by atoms with Crippen LogP contribution in [0.2, 0.25) is 0 Å². The van der Waals surface area contributed by atoms with E-state index in [0.717, 1.165) is 12.0 Å². The van der Waals surface area contributed by atoms with Crippen LogP contribution < -0.4 is 9.47 Å². The molecular weight excluding hydrogens is 314 g/mol. The highest BCUT2D eigenvalue weighted by atomic mass is 16.5. The largest absolute Gasteiger partial charge is 0.490 e. The number of hydrogen-bond acceptors (Lipinski definition) is 4. The van der Waals surface area contributed by atoms with Crippen molar-refractivity contribution in [1.82, 2.24) is 0 Å². The van der Waals surface area contributed by atoms with Gasteiger partial charge in [0.15, 0.2) is 17.3 Å². The lowest BCUT2D eigenvalue weighted by Crippen LogP contribution is -2.00. The second kappa shape index (κ2) is 9.29. The molecule has 4 heteroatoms. The van der Waals surface area contributed by atoms with Crippen LogP contribution in [0.3, 0.4) is 0 Å². The van der Waals surface area contributed by atoms with Crippen molar-refractivity contribution in [1.29, 1.82) is 5.26 Å². The zero-order valence-electron chi connectivity index (χ0n) is 14.5. The molecule has 0 radical (unpaired) electrons. The number of ether oxygens (including phenoxy) is 2. The van der Waals surface area contributed by atoms with Gasteiger partial charge < -0.3 is 9.47 Å². The summed E-state index contributed by atoms with van der Waals surface area (Å²) >= 11 is 0. The van der Waals surface area contributed by atoms with E-state index >= 15 is 0 Å². The zero-order valence-corrected chi connectivity index (χ0v) is 14.5. The Morgan fingerprint density at radius 2 is 1.84 bits per heavy atom. The van der Waals surface area contributed by atoms with Gasteiger partial charge in [-0.05, 0) is 61.4 Å². The third-order valence-corrected chi connectivity index (χ3v) is 3.45. The van der Waals surface area contributed by atoms with Crippen LogP contribution in [0.5, 0.6) is 11.5 Å². The predicted octanol–water partition coefficient (Wildman–Crippen LogP) is 4.64. The van der Waals surface area contributed by atoms with Gasteiger partial charge in [-0.15, -0.1) is 0 Å². The van der Waals surface area contributed by atoms with Gasteiger partial charge in [-0.1, -0.05) is 19.1 Å². The van der Waals surface area contributed by atoms with E-state index < -0.39 is 0 Å². The molecule has 0 saturated heterocycles. The molecule has 0 saturated carbocycles. The zero-order chi connectivity index (χ0) is 18.1. The molecular formula is C21H21NO3. The number of nitriles is 1. The van der Waals surface area contributed by atoms with E-state index in [1.807, 2.05) is 38.1 Å². The minimum Gasteiger partial charge on any atom is -0.490 e. The molecule has 0 aliphatic rings. The Morgan fingerprint density at radius 3 is 2.48 bits per heavy atom. The number of allylic oxidation sites excluding steroid dienone is 1. The Balaban J connectivity index is 2.14. The van der Waals surface area contributed by atoms with Gasteiger partial charge in [0.2, 0.25) is 0 Å². The maximum absolute atomic E-state index is 12.2. The van der Waals surface area contributed by atoms with E-state index in [0.29, 0.717) is 35.8 Å². The lowest BCUT2D eigenvalue weighted by molar-refractivity contribution is 0.104. The summed E-state index contributed by atoms with van der Waals surface area (Å²) in [6, 6.07) is 14.2. The van der Waals surface area contributed by atoms with Gasteiger partial charge >= 0.3 is 0 Å². The maximum Gasteiger partial charge on any atom is 0.185 e. The first kappa shape index (κ1) is 18.3. The molecule has 0 bridgehead atoms. The average molecular weight is 335 g/mol. The molecule has 0 heterocycles. The number of rotatable bonds is 8. The minimum atomic E-state index is -0.117. The Labute approximate surface area is 148 Å². The van der Waals surface area contributed by atoms with E-state index in [-0.39, 0.29) is 5.78 Å². The molecule has 0 atom stereocenters. The first-order chi connectivity index (χ1) is 12.2. The molecule has 0 fully saturated rings. The van der Waals surface area contributed by atoms with Crippen molar-refractivity contribution in [2.75, 3.05) is 13.2 Å². The Morgan fingerprint density at radius 1 is 1.08 bits per heavy atom. The number of hydrogen-bond donors (Lipinski definition) is 0. The van der Waals surface area contributed by atoms with Crippen molar-refractivity contribution in [2.45, 2.75) is 20.3 Å². The molecule has 0 aliphatic carbocycles. The summed E-state index contributed by atoms with van der Waals surface area (Å²) in [4.78, 5) is 12.2. The molecule has 2 aromatic rings. The lowest BCUT2D eigenvalue weighted by Gasteiger charge is -2.12. The fraction of sp³-hybridized carbons (Fsp3) is 0.238. The van der Waals surface area contributed by atoms with Crippen LogP contribution in [0.15, 0.2) is 48.5 Å². The van der Waals surface area contributed by atoms with Crippen LogP contribution in [-0.4, -0.2) is 19.0 Å². The summed E-state index contributed by atoms with van der Waals surface area (Å²) in [7, 11) is 0. The summed E-state index contributed by atoms with van der Waals surface area (Å²) < 4.78 is 11.3. The molecule has 4 nitrogen and oxygen atoms in total. The van der Waals surface area contributed by atoms with E-state index in [1.54, 1.807) is 30.3 Å². The third-order valence-electron chi connectivity index (χ3n) is 3.45. The SMILES string of the molecule is CCCOc1ccc(/C=C/C(=O)c2ccc(C#N)cc2)cc1OCC. The van der Waals surface area contributed by atoms with Crippen LogP contribution in [0.1, 0.15) is 41.8 Å². The van der Waals surface area contributed by atoms with Crippen molar-refractivity contribution >= 4 is 11.9 Å². The Bertz CT molecular complexity index is 786. The molecule has 0 aromatic heterocycles. The summed E-state index contributed by atoms with van der Waals surface area (Å²) in [5, 5.41) is 8.79. The van der Waals surface area contributed by atoms with Gasteiger partial charge in [0.1, 0.15) is 0 Å². The van der Waals surface area contributed by atoms with E-state index in [9.17, 15) is 4.79 Å². The third kappa shape index (κ3) is 5.22. The van der Waals surface area contributed by atoms with Gasteiger partial charge in [-0.25, -0.2) is 0 Å². The Kier molecular flexibility index (Phi) is 6.79. The first-order valence-corrected chi connectivity index (χ1v) is 8.30. The molecule has 2 rings (SSSR count). The number of benzene rings is 2. The molecule has 0 N–H and O–H groups in total. The second-order valence-electron chi connectivity index (χ2n) is 5.37. The van der Waals surface area contributed by atoms with Crippen LogP contribution in [0.4, 0.5) is 0 Å². The second-order valence-corrected chi connectivity index (χ2v) is 5.37. The van der Waals surface area contributed by atoms with E-state index in [2.05, 4.69) is 0 Å². The summed E-state index contributed by atoms with van der Waals surface area (Å²) in [5.41, 5.74) is 1.93. The molecule has 2 aromatic carbocycles. The van der Waals surface area contributed by atoms with Crippen LogP contribution in [0.25, 0.3) is 6.08 Å². The summed E-state index contributed by atoms with van der Waals surface area (Å²) in [5.74, 6) is 1.26. The van der Waals surface area contributed by atoms with Crippen LogP contribution >= 0.6 is 0 Å². The number of carbonyl (C=O) groups is 1. The first-order valence-electron chi connectivity index (χ1n) is 8.30. The quantitative estimate of drug-likeness (QED) is 0.521. The van der Waals surface area contributed by atoms with Gasteiger partial charge in [0, 0.05) is 5.56 Å². The lowest BCUT2D eigenvalue weighted by atomic mass is 10.1. The summed E-state index contributed by atoms with van der Waals surface area (Å²) in [6.45, 7) is 5.14. The van der Waals surface area contributed by atoms with Crippen molar-refractivity contribution < 1.29 is 14.3 Å². The van der Waals surface area contributed by atoms with Crippen molar-refractivity contribution in [3.63, 3.8) is 0 Å². The van der Waals surface area contributed by atoms with Gasteiger partial charge in [-0.2, -0.15) is 5.26 Å². The van der Waals surface area contributed by atoms with Crippen LogP contribution in [-0.2, 0) is 0 Å². The molecule has 128 valence electrons. The van der Waals surface area contributed by atoms with Crippen molar-refractivity contribution in [2.24, 2.45) is 0 Å².